The fraction of sp³-hybridized carbons (Fsp3) is 0.949. The molecule has 262 valence electrons. The molecule has 4 nitrogen and oxygen atoms in total. The SMILES string of the molecule is CCCCCCCCCCCCCCCCCC(=O)OC[C@@H](CBr)OC(=O)CCCCCCCCCCCCCCCCC. The van der Waals surface area contributed by atoms with Crippen LogP contribution < -0.4 is 0 Å². The topological polar surface area (TPSA) is 52.6 Å². The van der Waals surface area contributed by atoms with Crippen molar-refractivity contribution in [2.45, 2.75) is 225 Å². The molecule has 44 heavy (non-hydrogen) atoms. The van der Waals surface area contributed by atoms with Crippen LogP contribution in [-0.2, 0) is 19.1 Å². The Morgan fingerprint density at radius 1 is 0.432 bits per heavy atom. The lowest BCUT2D eigenvalue weighted by atomic mass is 10.0. The minimum atomic E-state index is -0.399. The Bertz CT molecular complexity index is 597. The first-order valence-electron chi connectivity index (χ1n) is 19.5. The van der Waals surface area contributed by atoms with Crippen LogP contribution in [-0.4, -0.2) is 30.0 Å². The van der Waals surface area contributed by atoms with Crippen molar-refractivity contribution in [3.8, 4) is 0 Å². The van der Waals surface area contributed by atoms with E-state index in [0.29, 0.717) is 18.2 Å². The maximum atomic E-state index is 12.2. The Morgan fingerprint density at radius 2 is 0.705 bits per heavy atom. The average Bonchev–Trinajstić information content (AvgIpc) is 3.02. The summed E-state index contributed by atoms with van der Waals surface area (Å²) in [7, 11) is 0. The zero-order valence-corrected chi connectivity index (χ0v) is 31.2. The first kappa shape index (κ1) is 43.4. The molecule has 0 N–H and O–H groups in total. The minimum Gasteiger partial charge on any atom is -0.462 e. The van der Waals surface area contributed by atoms with Crippen LogP contribution in [0.15, 0.2) is 0 Å². The highest BCUT2D eigenvalue weighted by atomic mass is 79.9. The van der Waals surface area contributed by atoms with Gasteiger partial charge in [0.05, 0.1) is 0 Å². The van der Waals surface area contributed by atoms with Gasteiger partial charge < -0.3 is 9.47 Å². The molecule has 0 aliphatic rings. The van der Waals surface area contributed by atoms with E-state index in [-0.39, 0.29) is 18.5 Å². The van der Waals surface area contributed by atoms with E-state index in [4.69, 9.17) is 9.47 Å². The molecular weight excluding hydrogens is 612 g/mol. The maximum Gasteiger partial charge on any atom is 0.306 e. The van der Waals surface area contributed by atoms with Crippen LogP contribution in [0.3, 0.4) is 0 Å². The highest BCUT2D eigenvalue weighted by Gasteiger charge is 2.15. The van der Waals surface area contributed by atoms with Crippen molar-refractivity contribution in [1.29, 1.82) is 0 Å². The van der Waals surface area contributed by atoms with E-state index in [0.717, 1.165) is 25.7 Å². The number of ether oxygens (including phenoxy) is 2. The Balaban J connectivity index is 3.49. The van der Waals surface area contributed by atoms with E-state index >= 15 is 0 Å². The Hall–Kier alpha value is -0.580. The number of esters is 2. The van der Waals surface area contributed by atoms with Crippen LogP contribution in [0.1, 0.15) is 219 Å². The van der Waals surface area contributed by atoms with Crippen molar-refractivity contribution < 1.29 is 19.1 Å². The largest absolute Gasteiger partial charge is 0.462 e. The zero-order valence-electron chi connectivity index (χ0n) is 29.6. The smallest absolute Gasteiger partial charge is 0.306 e. The van der Waals surface area contributed by atoms with Gasteiger partial charge >= 0.3 is 11.9 Å². The summed E-state index contributed by atoms with van der Waals surface area (Å²) in [5.41, 5.74) is 0. The molecule has 0 aliphatic carbocycles. The molecule has 0 radical (unpaired) electrons. The lowest BCUT2D eigenvalue weighted by Crippen LogP contribution is -2.26. The predicted molar refractivity (Wildman–Crippen MR) is 194 cm³/mol. The molecule has 0 rings (SSSR count). The van der Waals surface area contributed by atoms with Gasteiger partial charge in [-0.3, -0.25) is 9.59 Å². The summed E-state index contributed by atoms with van der Waals surface area (Å²) in [5, 5.41) is 0.490. The van der Waals surface area contributed by atoms with Gasteiger partial charge in [-0.05, 0) is 12.8 Å². The van der Waals surface area contributed by atoms with E-state index in [1.54, 1.807) is 0 Å². The van der Waals surface area contributed by atoms with Gasteiger partial charge in [0.15, 0.2) is 0 Å². The number of unbranched alkanes of at least 4 members (excludes halogenated alkanes) is 28. The van der Waals surface area contributed by atoms with Crippen molar-refractivity contribution in [3.05, 3.63) is 0 Å². The number of hydrogen-bond donors (Lipinski definition) is 0. The van der Waals surface area contributed by atoms with Crippen LogP contribution in [0.5, 0.6) is 0 Å². The molecule has 0 aromatic carbocycles. The standard InChI is InChI=1S/C39H75BrO4/c1-3-5-7-9-11-13-15-17-19-21-23-25-27-29-31-33-38(41)43-36-37(35-40)44-39(42)34-32-30-28-26-24-22-20-18-16-14-12-10-8-6-4-2/h37H,3-36H2,1-2H3/t37-/m1/s1. The van der Waals surface area contributed by atoms with E-state index < -0.39 is 6.10 Å². The van der Waals surface area contributed by atoms with E-state index in [1.807, 2.05) is 0 Å². The summed E-state index contributed by atoms with van der Waals surface area (Å²) >= 11 is 3.40. The molecule has 0 bridgehead atoms. The lowest BCUT2D eigenvalue weighted by molar-refractivity contribution is -0.157. The van der Waals surface area contributed by atoms with E-state index in [2.05, 4.69) is 29.8 Å². The molecule has 0 saturated carbocycles. The van der Waals surface area contributed by atoms with Crippen LogP contribution in [0.2, 0.25) is 0 Å². The fourth-order valence-electron chi connectivity index (χ4n) is 5.89. The molecule has 0 unspecified atom stereocenters. The molecule has 0 fully saturated rings. The highest BCUT2D eigenvalue weighted by molar-refractivity contribution is 9.09. The van der Waals surface area contributed by atoms with Crippen LogP contribution >= 0.6 is 15.9 Å². The van der Waals surface area contributed by atoms with Crippen molar-refractivity contribution in [2.24, 2.45) is 0 Å². The molecule has 0 aromatic rings. The highest BCUT2D eigenvalue weighted by Crippen LogP contribution is 2.16. The van der Waals surface area contributed by atoms with E-state index in [9.17, 15) is 9.59 Å². The maximum absolute atomic E-state index is 12.2. The van der Waals surface area contributed by atoms with Gasteiger partial charge in [0.25, 0.3) is 0 Å². The van der Waals surface area contributed by atoms with Gasteiger partial charge in [-0.25, -0.2) is 0 Å². The third-order valence-electron chi connectivity index (χ3n) is 8.87. The second-order valence-electron chi connectivity index (χ2n) is 13.3. The predicted octanol–water partition coefficient (Wildman–Crippen LogP) is 13.4. The summed E-state index contributed by atoms with van der Waals surface area (Å²) < 4.78 is 10.9. The molecule has 1 atom stereocenters. The second-order valence-corrected chi connectivity index (χ2v) is 14.0. The molecule has 0 aliphatic heterocycles. The molecule has 0 amide bonds. The number of carbonyl (C=O) groups is 2. The number of carbonyl (C=O) groups excluding carboxylic acids is 2. The van der Waals surface area contributed by atoms with Crippen molar-refractivity contribution in [1.82, 2.24) is 0 Å². The summed E-state index contributed by atoms with van der Waals surface area (Å²) in [6.07, 6.45) is 39.9. The average molecular weight is 688 g/mol. The second kappa shape index (κ2) is 36.9. The monoisotopic (exact) mass is 686 g/mol. The van der Waals surface area contributed by atoms with Gasteiger partial charge in [-0.2, -0.15) is 0 Å². The zero-order chi connectivity index (χ0) is 32.2. The normalized spacial score (nSPS) is 12.0. The van der Waals surface area contributed by atoms with Crippen molar-refractivity contribution in [2.75, 3.05) is 11.9 Å². The Kier molecular flexibility index (Phi) is 36.4. The third kappa shape index (κ3) is 34.3. The molecule has 0 spiro atoms. The van der Waals surface area contributed by atoms with Crippen LogP contribution in [0.25, 0.3) is 0 Å². The van der Waals surface area contributed by atoms with Crippen molar-refractivity contribution in [3.63, 3.8) is 0 Å². The molecule has 0 aromatic heterocycles. The third-order valence-corrected chi connectivity index (χ3v) is 9.59. The van der Waals surface area contributed by atoms with Crippen LogP contribution in [0.4, 0.5) is 0 Å². The molecule has 0 heterocycles. The number of halogens is 1. The molecule has 0 saturated heterocycles. The molecule has 5 heteroatoms. The van der Waals surface area contributed by atoms with Crippen molar-refractivity contribution >= 4 is 27.9 Å². The summed E-state index contributed by atoms with van der Waals surface area (Å²) in [5.74, 6) is -0.355. The molecular formula is C39H75BrO4. The number of alkyl halides is 1. The summed E-state index contributed by atoms with van der Waals surface area (Å²) in [4.78, 5) is 24.4. The summed E-state index contributed by atoms with van der Waals surface area (Å²) in [6, 6.07) is 0. The van der Waals surface area contributed by atoms with Gasteiger partial charge in [-0.15, -0.1) is 0 Å². The van der Waals surface area contributed by atoms with Gasteiger partial charge in [-0.1, -0.05) is 210 Å². The van der Waals surface area contributed by atoms with Crippen LogP contribution in [0, 0.1) is 0 Å². The Morgan fingerprint density at radius 3 is 1.00 bits per heavy atom. The first-order valence-corrected chi connectivity index (χ1v) is 20.7. The quantitative estimate of drug-likeness (QED) is 0.0374. The first-order chi connectivity index (χ1) is 21.6. The number of hydrogen-bond acceptors (Lipinski definition) is 4. The Labute approximate surface area is 283 Å². The van der Waals surface area contributed by atoms with Gasteiger partial charge in [0.2, 0.25) is 0 Å². The summed E-state index contributed by atoms with van der Waals surface area (Å²) in [6.45, 7) is 4.70. The fourth-order valence-corrected chi connectivity index (χ4v) is 6.21. The minimum absolute atomic E-state index is 0.146. The van der Waals surface area contributed by atoms with E-state index in [1.165, 1.54) is 167 Å². The number of rotatable bonds is 36. The lowest BCUT2D eigenvalue weighted by Gasteiger charge is -2.15. The van der Waals surface area contributed by atoms with Gasteiger partial charge in [0.1, 0.15) is 12.7 Å². The van der Waals surface area contributed by atoms with Gasteiger partial charge in [0, 0.05) is 18.2 Å².